The maximum Gasteiger partial charge on any atom is 0.270 e. The molecule has 0 aliphatic heterocycles. The smallest absolute Gasteiger partial charge is 0.270 e. The number of pyridine rings is 1. The molecule has 0 spiro atoms. The molecule has 0 aromatic carbocycles. The van der Waals surface area contributed by atoms with Gasteiger partial charge in [0.05, 0.1) is 0 Å². The molecule has 2 aromatic rings. The Labute approximate surface area is 147 Å². The van der Waals surface area contributed by atoms with Crippen molar-refractivity contribution in [3.05, 3.63) is 37.7 Å². The summed E-state index contributed by atoms with van der Waals surface area (Å²) in [7, 11) is 0. The average molecular weight is 358 g/mol. The number of rotatable bonds is 5. The third kappa shape index (κ3) is 4.05. The number of aromatic nitrogens is 2. The Hall–Kier alpha value is -3.12. The van der Waals surface area contributed by atoms with E-state index in [9.17, 15) is 14.9 Å². The summed E-state index contributed by atoms with van der Waals surface area (Å²) in [6, 6.07) is 6.99. The van der Waals surface area contributed by atoms with Gasteiger partial charge in [0, 0.05) is 19.3 Å². The summed E-state index contributed by atoms with van der Waals surface area (Å²) in [5, 5.41) is 14.8. The molecule has 0 radical (unpaired) electrons. The molecular formula is C16H18N6O2S. The first kappa shape index (κ1) is 18.2. The third-order valence-corrected chi connectivity index (χ3v) is 4.37. The van der Waals surface area contributed by atoms with E-state index in [1.54, 1.807) is 32.0 Å². The van der Waals surface area contributed by atoms with Crippen LogP contribution in [0.15, 0.2) is 23.0 Å². The Morgan fingerprint density at radius 2 is 2.24 bits per heavy atom. The molecule has 2 aromatic heterocycles. The molecule has 130 valence electrons. The van der Waals surface area contributed by atoms with Gasteiger partial charge in [0.25, 0.3) is 11.5 Å². The summed E-state index contributed by atoms with van der Waals surface area (Å²) < 4.78 is 2.09. The number of nitrogen functional groups attached to an aromatic ring is 1. The van der Waals surface area contributed by atoms with Gasteiger partial charge in [-0.25, -0.2) is 4.98 Å². The number of carbonyl (C=O) groups is 1. The van der Waals surface area contributed by atoms with Gasteiger partial charge in [-0.15, -0.1) is 11.3 Å². The number of anilines is 2. The molecule has 0 bridgehead atoms. The second kappa shape index (κ2) is 8.12. The summed E-state index contributed by atoms with van der Waals surface area (Å²) >= 11 is 1.07. The lowest BCUT2D eigenvalue weighted by Gasteiger charge is -2.00. The van der Waals surface area contributed by atoms with Gasteiger partial charge in [0.1, 0.15) is 26.9 Å². The van der Waals surface area contributed by atoms with Crippen molar-refractivity contribution in [2.24, 2.45) is 0 Å². The van der Waals surface area contributed by atoms with Crippen molar-refractivity contribution in [1.82, 2.24) is 14.9 Å². The summed E-state index contributed by atoms with van der Waals surface area (Å²) in [5.74, 6) is 0.351. The number of hydrogen-bond acceptors (Lipinski definition) is 7. The second-order valence-corrected chi connectivity index (χ2v) is 5.93. The number of thiazole rings is 1. The van der Waals surface area contributed by atoms with Crippen molar-refractivity contribution >= 4 is 40.7 Å². The third-order valence-electron chi connectivity index (χ3n) is 3.24. The summed E-state index contributed by atoms with van der Waals surface area (Å²) in [4.78, 5) is 28.6. The fourth-order valence-corrected chi connectivity index (χ4v) is 3.19. The zero-order chi connectivity index (χ0) is 18.4. The highest BCUT2D eigenvalue weighted by molar-refractivity contribution is 7.07. The van der Waals surface area contributed by atoms with Crippen LogP contribution in [0.1, 0.15) is 13.8 Å². The van der Waals surface area contributed by atoms with E-state index in [1.807, 2.05) is 6.07 Å². The quantitative estimate of drug-likeness (QED) is 0.666. The molecule has 0 aliphatic carbocycles. The lowest BCUT2D eigenvalue weighted by molar-refractivity contribution is -0.115. The fraction of sp³-hybridized carbons (Fsp3) is 0.250. The van der Waals surface area contributed by atoms with Gasteiger partial charge >= 0.3 is 0 Å². The maximum atomic E-state index is 12.5. The van der Waals surface area contributed by atoms with Crippen LogP contribution < -0.4 is 31.1 Å². The van der Waals surface area contributed by atoms with Crippen LogP contribution in [0.25, 0.3) is 11.8 Å². The van der Waals surface area contributed by atoms with Crippen molar-refractivity contribution < 1.29 is 4.79 Å². The number of carbonyl (C=O) groups excluding carboxylic acids is 1. The van der Waals surface area contributed by atoms with Crippen LogP contribution in [-0.2, 0) is 11.3 Å². The fourth-order valence-electron chi connectivity index (χ4n) is 2.11. The van der Waals surface area contributed by atoms with Crippen molar-refractivity contribution in [1.29, 1.82) is 5.26 Å². The molecule has 25 heavy (non-hydrogen) atoms. The number of amides is 1. The lowest BCUT2D eigenvalue weighted by atomic mass is 10.3. The van der Waals surface area contributed by atoms with Crippen molar-refractivity contribution in [3.8, 4) is 6.07 Å². The topological polar surface area (TPSA) is 126 Å². The number of nitrogens with one attached hydrogen (secondary N) is 2. The van der Waals surface area contributed by atoms with E-state index in [1.165, 1.54) is 10.8 Å². The molecule has 2 rings (SSSR count). The van der Waals surface area contributed by atoms with Gasteiger partial charge in [-0.2, -0.15) is 5.26 Å². The van der Waals surface area contributed by atoms with Crippen molar-refractivity contribution in [2.45, 2.75) is 20.4 Å². The SMILES string of the molecule is CCNC(=O)/C(C#N)=c1\s/c(=C/Nc2cccc(N)n2)c(=O)n1CC. The number of nitriles is 1. The minimum atomic E-state index is -0.495. The predicted molar refractivity (Wildman–Crippen MR) is 97.9 cm³/mol. The molecule has 0 fully saturated rings. The minimum Gasteiger partial charge on any atom is -0.384 e. The van der Waals surface area contributed by atoms with Crippen LogP contribution >= 0.6 is 11.3 Å². The maximum absolute atomic E-state index is 12.5. The normalized spacial score (nSPS) is 12.4. The minimum absolute atomic E-state index is 0.0764. The van der Waals surface area contributed by atoms with Crippen molar-refractivity contribution in [3.63, 3.8) is 0 Å². The zero-order valence-corrected chi connectivity index (χ0v) is 14.7. The summed E-state index contributed by atoms with van der Waals surface area (Å²) in [6.45, 7) is 4.28. The first-order chi connectivity index (χ1) is 12.0. The average Bonchev–Trinajstić information content (AvgIpc) is 2.89. The lowest BCUT2D eigenvalue weighted by Crippen LogP contribution is -2.34. The standard InChI is InChI=1S/C16H18N6O2S/c1-3-19-14(23)10(8-17)16-22(4-2)15(24)11(25-16)9-20-13-7-5-6-12(18)21-13/h5-7,9H,3-4H2,1-2H3,(H,19,23)(H3,18,20,21)/b11-9+,16-10-. The van der Waals surface area contributed by atoms with Gasteiger partial charge in [-0.05, 0) is 26.0 Å². The molecular weight excluding hydrogens is 340 g/mol. The van der Waals surface area contributed by atoms with E-state index in [0.29, 0.717) is 33.9 Å². The van der Waals surface area contributed by atoms with Crippen LogP contribution in [0.4, 0.5) is 11.6 Å². The first-order valence-electron chi connectivity index (χ1n) is 7.63. The highest BCUT2D eigenvalue weighted by Crippen LogP contribution is 2.05. The Morgan fingerprint density at radius 3 is 2.84 bits per heavy atom. The van der Waals surface area contributed by atoms with Gasteiger partial charge in [-0.3, -0.25) is 14.2 Å². The molecule has 9 heteroatoms. The van der Waals surface area contributed by atoms with E-state index in [4.69, 9.17) is 5.73 Å². The Kier molecular flexibility index (Phi) is 5.92. The number of hydrogen-bond donors (Lipinski definition) is 3. The number of nitrogens with zero attached hydrogens (tertiary/aromatic N) is 3. The highest BCUT2D eigenvalue weighted by atomic mass is 32.1. The molecule has 0 saturated heterocycles. The van der Waals surface area contributed by atoms with Gasteiger partial charge in [0.2, 0.25) is 0 Å². The van der Waals surface area contributed by atoms with E-state index < -0.39 is 5.91 Å². The van der Waals surface area contributed by atoms with Gasteiger partial charge < -0.3 is 16.4 Å². The largest absolute Gasteiger partial charge is 0.384 e. The van der Waals surface area contributed by atoms with E-state index in [-0.39, 0.29) is 11.1 Å². The first-order valence-corrected chi connectivity index (χ1v) is 8.45. The Bertz CT molecular complexity index is 999. The molecule has 0 atom stereocenters. The van der Waals surface area contributed by atoms with E-state index in [0.717, 1.165) is 11.3 Å². The second-order valence-electron chi connectivity index (χ2n) is 4.90. The molecule has 0 aliphatic rings. The molecule has 8 nitrogen and oxygen atoms in total. The Balaban J connectivity index is 2.58. The summed E-state index contributed by atoms with van der Waals surface area (Å²) in [6.07, 6.45) is 1.50. The van der Waals surface area contributed by atoms with Crippen LogP contribution in [0, 0.1) is 11.3 Å². The van der Waals surface area contributed by atoms with Gasteiger partial charge in [0.15, 0.2) is 5.57 Å². The van der Waals surface area contributed by atoms with Crippen molar-refractivity contribution in [2.75, 3.05) is 17.6 Å². The number of nitrogens with two attached hydrogens (primary N) is 1. The zero-order valence-electron chi connectivity index (χ0n) is 13.9. The van der Waals surface area contributed by atoms with Crippen LogP contribution in [0.3, 0.4) is 0 Å². The molecule has 2 heterocycles. The predicted octanol–water partition coefficient (Wildman–Crippen LogP) is -0.433. The van der Waals surface area contributed by atoms with E-state index >= 15 is 0 Å². The highest BCUT2D eigenvalue weighted by Gasteiger charge is 2.14. The Morgan fingerprint density at radius 1 is 1.48 bits per heavy atom. The van der Waals surface area contributed by atoms with E-state index in [2.05, 4.69) is 15.6 Å². The molecule has 4 N–H and O–H groups in total. The monoisotopic (exact) mass is 358 g/mol. The van der Waals surface area contributed by atoms with Crippen LogP contribution in [0.2, 0.25) is 0 Å². The van der Waals surface area contributed by atoms with Crippen LogP contribution in [0.5, 0.6) is 0 Å². The molecule has 1 amide bonds. The molecule has 0 saturated carbocycles. The summed E-state index contributed by atoms with van der Waals surface area (Å²) in [5.41, 5.74) is 5.26. The van der Waals surface area contributed by atoms with Gasteiger partial charge in [-0.1, -0.05) is 6.07 Å². The van der Waals surface area contributed by atoms with Crippen LogP contribution in [-0.4, -0.2) is 22.0 Å². The molecule has 0 unspecified atom stereocenters.